The number of benzene rings is 2. The maximum Gasteiger partial charge on any atom is 0.343 e. The summed E-state index contributed by atoms with van der Waals surface area (Å²) in [6, 6.07) is 15.0. The van der Waals surface area contributed by atoms with Crippen molar-refractivity contribution in [2.75, 3.05) is 0 Å². The largest absolute Gasteiger partial charge is 0.423 e. The molecule has 0 aliphatic heterocycles. The van der Waals surface area contributed by atoms with Crippen molar-refractivity contribution in [2.24, 2.45) is 0 Å². The van der Waals surface area contributed by atoms with Crippen LogP contribution in [-0.2, 0) is 5.41 Å². The molecule has 0 bridgehead atoms. The van der Waals surface area contributed by atoms with E-state index in [4.69, 9.17) is 4.74 Å². The van der Waals surface area contributed by atoms with Crippen molar-refractivity contribution >= 4 is 28.6 Å². The molecule has 3 heteroatoms. The van der Waals surface area contributed by atoms with E-state index in [9.17, 15) is 4.79 Å². The second-order valence-corrected chi connectivity index (χ2v) is 6.92. The van der Waals surface area contributed by atoms with Crippen molar-refractivity contribution in [1.82, 2.24) is 0 Å². The molecule has 2 aromatic rings. The normalized spacial score (nSPS) is 11.2. The highest BCUT2D eigenvalue weighted by Gasteiger charge is 2.15. The average molecular weight is 380 g/mol. The Morgan fingerprint density at radius 3 is 2.00 bits per heavy atom. The number of hydrogen-bond donors (Lipinski definition) is 0. The predicted octanol–water partition coefficient (Wildman–Crippen LogP) is 4.81. The summed E-state index contributed by atoms with van der Waals surface area (Å²) in [7, 11) is 0. The van der Waals surface area contributed by atoms with E-state index in [0.29, 0.717) is 11.3 Å². The van der Waals surface area contributed by atoms with E-state index >= 15 is 0 Å². The predicted molar refractivity (Wildman–Crippen MR) is 89.3 cm³/mol. The van der Waals surface area contributed by atoms with Crippen molar-refractivity contribution in [1.29, 1.82) is 0 Å². The van der Waals surface area contributed by atoms with Crippen molar-refractivity contribution in [3.8, 4) is 5.75 Å². The summed E-state index contributed by atoms with van der Waals surface area (Å²) in [5.41, 5.74) is 1.85. The third-order valence-electron chi connectivity index (χ3n) is 3.01. The maximum atomic E-state index is 12.0. The highest BCUT2D eigenvalue weighted by Crippen LogP contribution is 2.22. The van der Waals surface area contributed by atoms with Crippen LogP contribution >= 0.6 is 22.6 Å². The van der Waals surface area contributed by atoms with Gasteiger partial charge in [0.15, 0.2) is 0 Å². The minimum Gasteiger partial charge on any atom is -0.423 e. The van der Waals surface area contributed by atoms with Crippen LogP contribution < -0.4 is 4.74 Å². The van der Waals surface area contributed by atoms with Crippen LogP contribution in [0, 0.1) is 3.57 Å². The van der Waals surface area contributed by atoms with Crippen LogP contribution in [0.2, 0.25) is 0 Å². The number of rotatable bonds is 2. The van der Waals surface area contributed by atoms with Crippen LogP contribution in [0.1, 0.15) is 36.7 Å². The summed E-state index contributed by atoms with van der Waals surface area (Å²) in [5.74, 6) is 0.238. The zero-order valence-electron chi connectivity index (χ0n) is 11.8. The molecule has 0 aromatic heterocycles. The summed E-state index contributed by atoms with van der Waals surface area (Å²) >= 11 is 2.21. The number of carbonyl (C=O) groups excluding carboxylic acids is 1. The van der Waals surface area contributed by atoms with Crippen LogP contribution in [0.15, 0.2) is 48.5 Å². The monoisotopic (exact) mass is 380 g/mol. The number of halogens is 1. The Bertz CT molecular complexity index is 592. The molecule has 2 nitrogen and oxygen atoms in total. The first-order valence-electron chi connectivity index (χ1n) is 6.44. The zero-order valence-corrected chi connectivity index (χ0v) is 14.0. The van der Waals surface area contributed by atoms with Gasteiger partial charge in [-0.1, -0.05) is 32.9 Å². The highest BCUT2D eigenvalue weighted by atomic mass is 127. The second-order valence-electron chi connectivity index (χ2n) is 5.67. The number of carbonyl (C=O) groups is 1. The van der Waals surface area contributed by atoms with Crippen molar-refractivity contribution in [3.63, 3.8) is 0 Å². The topological polar surface area (TPSA) is 26.3 Å². The van der Waals surface area contributed by atoms with Crippen LogP contribution in [-0.4, -0.2) is 5.97 Å². The molecule has 2 rings (SSSR count). The SMILES string of the molecule is CC(C)(C)c1ccc(C(=O)Oc2ccc(I)cc2)cc1. The van der Waals surface area contributed by atoms with Crippen molar-refractivity contribution in [3.05, 3.63) is 63.2 Å². The highest BCUT2D eigenvalue weighted by molar-refractivity contribution is 14.1. The molecule has 0 saturated heterocycles. The van der Waals surface area contributed by atoms with Gasteiger partial charge in [0.1, 0.15) is 5.75 Å². The smallest absolute Gasteiger partial charge is 0.343 e. The van der Waals surface area contributed by atoms with E-state index in [0.717, 1.165) is 3.57 Å². The van der Waals surface area contributed by atoms with Crippen molar-refractivity contribution in [2.45, 2.75) is 26.2 Å². The summed E-state index contributed by atoms with van der Waals surface area (Å²) in [5, 5.41) is 0. The fraction of sp³-hybridized carbons (Fsp3) is 0.235. The molecule has 0 unspecified atom stereocenters. The van der Waals surface area contributed by atoms with E-state index < -0.39 is 0 Å². The third kappa shape index (κ3) is 3.82. The molecule has 104 valence electrons. The summed E-state index contributed by atoms with van der Waals surface area (Å²) in [6.45, 7) is 6.43. The Kier molecular flexibility index (Phi) is 4.48. The molecule has 0 spiro atoms. The molecule has 0 amide bonds. The third-order valence-corrected chi connectivity index (χ3v) is 3.73. The Morgan fingerprint density at radius 2 is 1.50 bits per heavy atom. The summed E-state index contributed by atoms with van der Waals surface area (Å²) < 4.78 is 6.45. The van der Waals surface area contributed by atoms with Gasteiger partial charge in [-0.15, -0.1) is 0 Å². The molecule has 20 heavy (non-hydrogen) atoms. The molecule has 0 N–H and O–H groups in total. The fourth-order valence-corrected chi connectivity index (χ4v) is 2.13. The van der Waals surface area contributed by atoms with Gasteiger partial charge in [0.2, 0.25) is 0 Å². The second kappa shape index (κ2) is 5.95. The van der Waals surface area contributed by atoms with Gasteiger partial charge in [-0.25, -0.2) is 4.79 Å². The van der Waals surface area contributed by atoms with Gasteiger partial charge < -0.3 is 4.74 Å². The van der Waals surface area contributed by atoms with Gasteiger partial charge in [-0.05, 0) is 70.0 Å². The minimum absolute atomic E-state index is 0.0819. The van der Waals surface area contributed by atoms with Gasteiger partial charge in [-0.3, -0.25) is 0 Å². The van der Waals surface area contributed by atoms with Gasteiger partial charge in [0.05, 0.1) is 5.56 Å². The molecule has 0 atom stereocenters. The number of hydrogen-bond acceptors (Lipinski definition) is 2. The van der Waals surface area contributed by atoms with Crippen LogP contribution in [0.3, 0.4) is 0 Å². The first-order chi connectivity index (χ1) is 9.36. The minimum atomic E-state index is -0.327. The van der Waals surface area contributed by atoms with Crippen LogP contribution in [0.25, 0.3) is 0 Å². The van der Waals surface area contributed by atoms with E-state index in [1.165, 1.54) is 5.56 Å². The molecular weight excluding hydrogens is 363 g/mol. The average Bonchev–Trinajstić information content (AvgIpc) is 2.40. The zero-order chi connectivity index (χ0) is 14.8. The lowest BCUT2D eigenvalue weighted by Gasteiger charge is -2.18. The number of ether oxygens (including phenoxy) is 1. The molecule has 0 saturated carbocycles. The van der Waals surface area contributed by atoms with Gasteiger partial charge in [0, 0.05) is 3.57 Å². The lowest BCUT2D eigenvalue weighted by molar-refractivity contribution is 0.0734. The van der Waals surface area contributed by atoms with Gasteiger partial charge >= 0.3 is 5.97 Å². The summed E-state index contributed by atoms with van der Waals surface area (Å²) in [4.78, 5) is 12.0. The molecule has 0 heterocycles. The Morgan fingerprint density at radius 1 is 0.950 bits per heavy atom. The van der Waals surface area contributed by atoms with Gasteiger partial charge in [-0.2, -0.15) is 0 Å². The first kappa shape index (κ1) is 15.0. The Labute approximate surface area is 133 Å². The molecule has 0 aliphatic carbocycles. The Hall–Kier alpha value is -1.36. The van der Waals surface area contributed by atoms with E-state index in [2.05, 4.69) is 43.4 Å². The quantitative estimate of drug-likeness (QED) is 0.425. The molecule has 0 radical (unpaired) electrons. The number of esters is 1. The fourth-order valence-electron chi connectivity index (χ4n) is 1.77. The summed E-state index contributed by atoms with van der Waals surface area (Å²) in [6.07, 6.45) is 0. The lowest BCUT2D eigenvalue weighted by Crippen LogP contribution is -2.12. The molecule has 2 aromatic carbocycles. The van der Waals surface area contributed by atoms with Gasteiger partial charge in [0.25, 0.3) is 0 Å². The lowest BCUT2D eigenvalue weighted by atomic mass is 9.87. The van der Waals surface area contributed by atoms with E-state index in [1.54, 1.807) is 12.1 Å². The van der Waals surface area contributed by atoms with E-state index in [-0.39, 0.29) is 11.4 Å². The maximum absolute atomic E-state index is 12.0. The molecule has 0 fully saturated rings. The molecular formula is C17H17IO2. The van der Waals surface area contributed by atoms with Crippen LogP contribution in [0.4, 0.5) is 0 Å². The standard InChI is InChI=1S/C17H17IO2/c1-17(2,3)13-6-4-12(5-7-13)16(19)20-15-10-8-14(18)9-11-15/h4-11H,1-3H3. The van der Waals surface area contributed by atoms with E-state index in [1.807, 2.05) is 36.4 Å². The molecule has 0 aliphatic rings. The van der Waals surface area contributed by atoms with Crippen LogP contribution in [0.5, 0.6) is 5.75 Å². The first-order valence-corrected chi connectivity index (χ1v) is 7.52. The van der Waals surface area contributed by atoms with Crippen molar-refractivity contribution < 1.29 is 9.53 Å². The Balaban J connectivity index is 2.11.